The van der Waals surface area contributed by atoms with E-state index in [0.29, 0.717) is 9.79 Å². The van der Waals surface area contributed by atoms with Gasteiger partial charge in [-0.2, -0.15) is 5.10 Å². The molecule has 0 saturated carbocycles. The van der Waals surface area contributed by atoms with Crippen LogP contribution in [0.4, 0.5) is 0 Å². The Morgan fingerprint density at radius 1 is 1.31 bits per heavy atom. The van der Waals surface area contributed by atoms with Gasteiger partial charge in [-0.1, -0.05) is 55.0 Å². The van der Waals surface area contributed by atoms with Gasteiger partial charge in [0, 0.05) is 5.56 Å². The van der Waals surface area contributed by atoms with Crippen LogP contribution in [0.1, 0.15) is 12.5 Å². The maximum atomic E-state index is 5.84. The summed E-state index contributed by atoms with van der Waals surface area (Å²) in [7, 11) is 0. The molecule has 0 aliphatic rings. The first-order chi connectivity index (χ1) is 7.70. The average Bonchev–Trinajstić information content (AvgIpc) is 2.32. The van der Waals surface area contributed by atoms with Crippen molar-refractivity contribution in [3.63, 3.8) is 0 Å². The van der Waals surface area contributed by atoms with Gasteiger partial charge in [-0.15, -0.1) is 0 Å². The fraction of sp³-hybridized carbons (Fsp3) is 0.167. The normalized spacial score (nSPS) is 10.4. The second-order valence-electron chi connectivity index (χ2n) is 3.48. The maximum Gasteiger partial charge on any atom is 0.150 e. The first-order valence-electron chi connectivity index (χ1n) is 5.05. The molecule has 82 valence electrons. The second-order valence-corrected chi connectivity index (χ2v) is 4.28. The van der Waals surface area contributed by atoms with Crippen molar-refractivity contribution < 1.29 is 0 Å². The number of rotatable bonds is 2. The summed E-state index contributed by atoms with van der Waals surface area (Å²) in [6.07, 6.45) is 1.03. The van der Waals surface area contributed by atoms with E-state index in [1.54, 1.807) is 6.07 Å². The number of aromatic amines is 1. The van der Waals surface area contributed by atoms with Crippen molar-refractivity contribution in [2.75, 3.05) is 0 Å². The standard InChI is InChI=1S/C12H11ClN2S/c1-2-8-3-5-9(6-4-8)10-7-11(13)14-15-12(10)16/h3-7H,2H2,1H3,(H,15,16). The van der Waals surface area contributed by atoms with Gasteiger partial charge in [0.1, 0.15) is 9.79 Å². The first-order valence-corrected chi connectivity index (χ1v) is 5.84. The molecule has 2 aromatic rings. The van der Waals surface area contributed by atoms with E-state index in [2.05, 4.69) is 29.3 Å². The quantitative estimate of drug-likeness (QED) is 0.816. The van der Waals surface area contributed by atoms with Gasteiger partial charge in [0.15, 0.2) is 0 Å². The lowest BCUT2D eigenvalue weighted by molar-refractivity contribution is 1.02. The molecular weight excluding hydrogens is 240 g/mol. The van der Waals surface area contributed by atoms with E-state index in [9.17, 15) is 0 Å². The fourth-order valence-electron chi connectivity index (χ4n) is 1.52. The maximum absolute atomic E-state index is 5.84. The Morgan fingerprint density at radius 3 is 2.62 bits per heavy atom. The van der Waals surface area contributed by atoms with Gasteiger partial charge < -0.3 is 0 Å². The highest BCUT2D eigenvalue weighted by molar-refractivity contribution is 7.71. The fourth-order valence-corrected chi connectivity index (χ4v) is 1.89. The summed E-state index contributed by atoms with van der Waals surface area (Å²) in [5.41, 5.74) is 3.28. The number of hydrogen-bond donors (Lipinski definition) is 1. The Kier molecular flexibility index (Phi) is 3.36. The van der Waals surface area contributed by atoms with Gasteiger partial charge in [-0.3, -0.25) is 5.10 Å². The largest absolute Gasteiger partial charge is 0.266 e. The molecule has 2 rings (SSSR count). The molecule has 0 aliphatic carbocycles. The smallest absolute Gasteiger partial charge is 0.150 e. The predicted octanol–water partition coefficient (Wildman–Crippen LogP) is 4.02. The minimum Gasteiger partial charge on any atom is -0.266 e. The molecule has 0 amide bonds. The van der Waals surface area contributed by atoms with Crippen molar-refractivity contribution in [3.05, 3.63) is 45.7 Å². The van der Waals surface area contributed by atoms with Crippen LogP contribution in [0, 0.1) is 4.64 Å². The molecule has 0 spiro atoms. The minimum absolute atomic E-state index is 0.420. The average molecular weight is 251 g/mol. The van der Waals surface area contributed by atoms with Crippen molar-refractivity contribution in [1.29, 1.82) is 0 Å². The molecule has 0 unspecified atom stereocenters. The topological polar surface area (TPSA) is 28.7 Å². The van der Waals surface area contributed by atoms with Crippen molar-refractivity contribution in [2.24, 2.45) is 0 Å². The Balaban J connectivity index is 2.50. The van der Waals surface area contributed by atoms with Crippen LogP contribution in [0.25, 0.3) is 11.1 Å². The third-order valence-corrected chi connectivity index (χ3v) is 2.95. The Bertz CT molecular complexity index is 546. The number of nitrogens with one attached hydrogen (secondary N) is 1. The molecule has 16 heavy (non-hydrogen) atoms. The lowest BCUT2D eigenvalue weighted by Crippen LogP contribution is -1.88. The number of aryl methyl sites for hydroxylation is 1. The minimum atomic E-state index is 0.420. The zero-order valence-electron chi connectivity index (χ0n) is 8.83. The highest BCUT2D eigenvalue weighted by Crippen LogP contribution is 2.22. The zero-order valence-corrected chi connectivity index (χ0v) is 10.4. The molecule has 1 aromatic carbocycles. The Morgan fingerprint density at radius 2 is 2.00 bits per heavy atom. The molecule has 2 nitrogen and oxygen atoms in total. The van der Waals surface area contributed by atoms with Gasteiger partial charge in [-0.25, -0.2) is 0 Å². The van der Waals surface area contributed by atoms with Crippen molar-refractivity contribution >= 4 is 23.8 Å². The summed E-state index contributed by atoms with van der Waals surface area (Å²) in [6.45, 7) is 2.13. The molecule has 0 atom stereocenters. The monoisotopic (exact) mass is 250 g/mol. The van der Waals surface area contributed by atoms with Crippen LogP contribution < -0.4 is 0 Å². The lowest BCUT2D eigenvalue weighted by Gasteiger charge is -2.03. The number of aromatic nitrogens is 2. The summed E-state index contributed by atoms with van der Waals surface area (Å²) in [6, 6.07) is 10.1. The zero-order chi connectivity index (χ0) is 11.5. The van der Waals surface area contributed by atoms with Gasteiger partial charge >= 0.3 is 0 Å². The van der Waals surface area contributed by atoms with Crippen molar-refractivity contribution in [3.8, 4) is 11.1 Å². The van der Waals surface area contributed by atoms with E-state index >= 15 is 0 Å². The van der Waals surface area contributed by atoms with Crippen molar-refractivity contribution in [2.45, 2.75) is 13.3 Å². The van der Waals surface area contributed by atoms with Gasteiger partial charge in [0.25, 0.3) is 0 Å². The Hall–Kier alpha value is -1.19. The van der Waals surface area contributed by atoms with Crippen LogP contribution >= 0.6 is 23.8 Å². The van der Waals surface area contributed by atoms with Crippen LogP contribution in [0.2, 0.25) is 5.15 Å². The molecule has 0 aliphatic heterocycles. The molecule has 4 heteroatoms. The van der Waals surface area contributed by atoms with E-state index in [1.165, 1.54) is 5.56 Å². The van der Waals surface area contributed by atoms with Gasteiger partial charge in [0.2, 0.25) is 0 Å². The van der Waals surface area contributed by atoms with Crippen LogP contribution in [0.15, 0.2) is 30.3 Å². The summed E-state index contributed by atoms with van der Waals surface area (Å²) < 4.78 is 0.605. The number of hydrogen-bond acceptors (Lipinski definition) is 2. The molecule has 1 heterocycles. The van der Waals surface area contributed by atoms with E-state index in [4.69, 9.17) is 23.8 Å². The second kappa shape index (κ2) is 4.76. The molecule has 0 bridgehead atoms. The molecular formula is C12H11ClN2S. The van der Waals surface area contributed by atoms with Gasteiger partial charge in [0.05, 0.1) is 0 Å². The van der Waals surface area contributed by atoms with Crippen LogP contribution in [0.5, 0.6) is 0 Å². The van der Waals surface area contributed by atoms with E-state index in [0.717, 1.165) is 17.5 Å². The number of nitrogens with zero attached hydrogens (tertiary/aromatic N) is 1. The third-order valence-electron chi connectivity index (χ3n) is 2.45. The van der Waals surface area contributed by atoms with Crippen LogP contribution in [-0.2, 0) is 6.42 Å². The molecule has 1 N–H and O–H groups in total. The molecule has 1 aromatic heterocycles. The number of benzene rings is 1. The van der Waals surface area contributed by atoms with E-state index in [-0.39, 0.29) is 0 Å². The summed E-state index contributed by atoms with van der Waals surface area (Å²) >= 11 is 11.0. The number of H-pyrrole nitrogens is 1. The SMILES string of the molecule is CCc1ccc(-c2cc(Cl)n[nH]c2=S)cc1. The van der Waals surface area contributed by atoms with Crippen LogP contribution in [-0.4, -0.2) is 10.2 Å². The highest BCUT2D eigenvalue weighted by Gasteiger charge is 2.02. The van der Waals surface area contributed by atoms with E-state index in [1.807, 2.05) is 12.1 Å². The molecule has 0 fully saturated rings. The number of halogens is 1. The summed E-state index contributed by atoms with van der Waals surface area (Å²) in [4.78, 5) is 0. The highest BCUT2D eigenvalue weighted by atomic mass is 35.5. The van der Waals surface area contributed by atoms with Crippen LogP contribution in [0.3, 0.4) is 0 Å². The first kappa shape index (κ1) is 11.3. The van der Waals surface area contributed by atoms with E-state index < -0.39 is 0 Å². The lowest BCUT2D eigenvalue weighted by atomic mass is 10.1. The molecule has 0 radical (unpaired) electrons. The van der Waals surface area contributed by atoms with Gasteiger partial charge in [-0.05, 0) is 23.6 Å². The summed E-state index contributed by atoms with van der Waals surface area (Å²) in [5, 5.41) is 6.98. The third kappa shape index (κ3) is 2.31. The predicted molar refractivity (Wildman–Crippen MR) is 69.2 cm³/mol. The Labute approximate surface area is 104 Å². The van der Waals surface area contributed by atoms with Crippen molar-refractivity contribution in [1.82, 2.24) is 10.2 Å². The summed E-state index contributed by atoms with van der Waals surface area (Å²) in [5.74, 6) is 0. The molecule has 0 saturated heterocycles.